The van der Waals surface area contributed by atoms with E-state index in [4.69, 9.17) is 0 Å². The predicted molar refractivity (Wildman–Crippen MR) is 76.7 cm³/mol. The molecule has 1 heterocycles. The smallest absolute Gasteiger partial charge is 0.258 e. The first kappa shape index (κ1) is 13.3. The first-order chi connectivity index (χ1) is 8.99. The average Bonchev–Trinajstić information content (AvgIpc) is 2.67. The topological polar surface area (TPSA) is 37.4 Å². The van der Waals surface area contributed by atoms with Crippen molar-refractivity contribution < 1.29 is 9.59 Å². The Hall–Kier alpha value is -2.16. The van der Waals surface area contributed by atoms with E-state index in [2.05, 4.69) is 19.9 Å². The van der Waals surface area contributed by atoms with E-state index in [0.717, 1.165) is 11.1 Å². The van der Waals surface area contributed by atoms with Crippen molar-refractivity contribution in [1.82, 2.24) is 0 Å². The lowest BCUT2D eigenvalue weighted by Gasteiger charge is -2.17. The Morgan fingerprint density at radius 1 is 1.11 bits per heavy atom. The Morgan fingerprint density at radius 2 is 1.74 bits per heavy atom. The van der Waals surface area contributed by atoms with Gasteiger partial charge in [0.25, 0.3) is 11.8 Å². The molecule has 2 rings (SSSR count). The predicted octanol–water partition coefficient (Wildman–Crippen LogP) is 3.09. The molecule has 0 saturated carbocycles. The molecule has 0 aliphatic carbocycles. The third kappa shape index (κ3) is 2.81. The highest BCUT2D eigenvalue weighted by molar-refractivity contribution is 6.28. The normalized spacial score (nSPS) is 15.3. The van der Waals surface area contributed by atoms with Gasteiger partial charge in [0.15, 0.2) is 0 Å². The Morgan fingerprint density at radius 3 is 2.32 bits per heavy atom. The van der Waals surface area contributed by atoms with Crippen LogP contribution in [0.1, 0.15) is 25.0 Å². The lowest BCUT2D eigenvalue weighted by atomic mass is 10.1. The van der Waals surface area contributed by atoms with Crippen LogP contribution in [0.4, 0.5) is 5.69 Å². The summed E-state index contributed by atoms with van der Waals surface area (Å²) in [6, 6.07) is 5.70. The van der Waals surface area contributed by atoms with E-state index in [1.54, 1.807) is 0 Å². The average molecular weight is 255 g/mol. The summed E-state index contributed by atoms with van der Waals surface area (Å²) in [5.41, 5.74) is 2.63. The van der Waals surface area contributed by atoms with Crippen LogP contribution >= 0.6 is 0 Å². The molecule has 0 atom stereocenters. The van der Waals surface area contributed by atoms with Gasteiger partial charge in [-0.1, -0.05) is 37.6 Å². The molecule has 1 aliphatic heterocycles. The van der Waals surface area contributed by atoms with Gasteiger partial charge in [0.1, 0.15) is 0 Å². The molecule has 0 bridgehead atoms. The van der Waals surface area contributed by atoms with Crippen molar-refractivity contribution in [3.63, 3.8) is 0 Å². The van der Waals surface area contributed by atoms with Crippen molar-refractivity contribution >= 4 is 23.6 Å². The number of imide groups is 1. The molecule has 0 aromatic heterocycles. The Kier molecular flexibility index (Phi) is 3.65. The van der Waals surface area contributed by atoms with Crippen LogP contribution < -0.4 is 4.90 Å². The van der Waals surface area contributed by atoms with Crippen LogP contribution in [0.2, 0.25) is 0 Å². The summed E-state index contributed by atoms with van der Waals surface area (Å²) in [6.07, 6.45) is 6.62. The van der Waals surface area contributed by atoms with Gasteiger partial charge in [-0.2, -0.15) is 0 Å². The molecule has 0 saturated heterocycles. The fraction of sp³-hybridized carbons (Fsp3) is 0.250. The van der Waals surface area contributed by atoms with Gasteiger partial charge in [-0.05, 0) is 30.5 Å². The van der Waals surface area contributed by atoms with Crippen LogP contribution in [-0.2, 0) is 9.59 Å². The third-order valence-corrected chi connectivity index (χ3v) is 2.89. The van der Waals surface area contributed by atoms with E-state index >= 15 is 0 Å². The lowest BCUT2D eigenvalue weighted by Crippen LogP contribution is -2.30. The third-order valence-electron chi connectivity index (χ3n) is 2.89. The highest BCUT2D eigenvalue weighted by atomic mass is 16.2. The molecule has 3 heteroatoms. The maximum absolute atomic E-state index is 11.8. The van der Waals surface area contributed by atoms with Crippen LogP contribution in [0.15, 0.2) is 36.4 Å². The van der Waals surface area contributed by atoms with Crippen molar-refractivity contribution in [2.24, 2.45) is 5.92 Å². The van der Waals surface area contributed by atoms with Gasteiger partial charge in [-0.3, -0.25) is 9.59 Å². The number of allylic oxidation sites excluding steroid dienone is 1. The van der Waals surface area contributed by atoms with Gasteiger partial charge in [0.05, 0.1) is 5.69 Å². The van der Waals surface area contributed by atoms with Gasteiger partial charge in [0.2, 0.25) is 0 Å². The van der Waals surface area contributed by atoms with Crippen LogP contribution in [0, 0.1) is 12.8 Å². The molecule has 2 amide bonds. The summed E-state index contributed by atoms with van der Waals surface area (Å²) in [4.78, 5) is 24.7. The number of hydrogen-bond donors (Lipinski definition) is 0. The summed E-state index contributed by atoms with van der Waals surface area (Å²) >= 11 is 0. The molecule has 0 radical (unpaired) electrons. The van der Waals surface area contributed by atoms with E-state index in [0.29, 0.717) is 11.6 Å². The SMILES string of the molecule is Cc1ccc(N2C(=O)C=CC2=O)c(/C=C/C(C)C)c1. The summed E-state index contributed by atoms with van der Waals surface area (Å²) < 4.78 is 0. The lowest BCUT2D eigenvalue weighted by molar-refractivity contribution is -0.119. The van der Waals surface area contributed by atoms with Crippen LogP contribution in [0.5, 0.6) is 0 Å². The minimum atomic E-state index is -0.284. The summed E-state index contributed by atoms with van der Waals surface area (Å²) in [5, 5.41) is 0. The molecule has 1 aliphatic rings. The molecular weight excluding hydrogens is 238 g/mol. The number of anilines is 1. The van der Waals surface area contributed by atoms with Crippen molar-refractivity contribution in [3.05, 3.63) is 47.6 Å². The number of carbonyl (C=O) groups excluding carboxylic acids is 2. The summed E-state index contributed by atoms with van der Waals surface area (Å²) in [7, 11) is 0. The van der Waals surface area contributed by atoms with E-state index < -0.39 is 0 Å². The summed E-state index contributed by atoms with van der Waals surface area (Å²) in [6.45, 7) is 6.15. The second-order valence-corrected chi connectivity index (χ2v) is 5.01. The Labute approximate surface area is 113 Å². The second kappa shape index (κ2) is 5.22. The zero-order valence-corrected chi connectivity index (χ0v) is 11.4. The molecule has 0 spiro atoms. The van der Waals surface area contributed by atoms with Gasteiger partial charge in [-0.15, -0.1) is 0 Å². The largest absolute Gasteiger partial charge is 0.269 e. The Balaban J connectivity index is 2.45. The van der Waals surface area contributed by atoms with E-state index in [9.17, 15) is 9.59 Å². The number of amides is 2. The number of carbonyl (C=O) groups is 2. The van der Waals surface area contributed by atoms with E-state index in [1.165, 1.54) is 17.1 Å². The van der Waals surface area contributed by atoms with Gasteiger partial charge < -0.3 is 0 Å². The standard InChI is InChI=1S/C16H17NO2/c1-11(2)4-6-13-10-12(3)5-7-14(13)17-15(18)8-9-16(17)19/h4-11H,1-3H3/b6-4+. The molecule has 19 heavy (non-hydrogen) atoms. The maximum Gasteiger partial charge on any atom is 0.258 e. The van der Waals surface area contributed by atoms with E-state index in [1.807, 2.05) is 31.2 Å². The molecule has 0 N–H and O–H groups in total. The van der Waals surface area contributed by atoms with Gasteiger partial charge in [0, 0.05) is 12.2 Å². The minimum Gasteiger partial charge on any atom is -0.269 e. The zero-order chi connectivity index (χ0) is 14.0. The number of nitrogens with zero attached hydrogens (tertiary/aromatic N) is 1. The zero-order valence-electron chi connectivity index (χ0n) is 11.4. The minimum absolute atomic E-state index is 0.284. The van der Waals surface area contributed by atoms with Gasteiger partial charge >= 0.3 is 0 Å². The number of rotatable bonds is 3. The van der Waals surface area contributed by atoms with Crippen molar-refractivity contribution in [2.75, 3.05) is 4.90 Å². The first-order valence-corrected chi connectivity index (χ1v) is 6.34. The quantitative estimate of drug-likeness (QED) is 0.778. The highest BCUT2D eigenvalue weighted by Crippen LogP contribution is 2.26. The van der Waals surface area contributed by atoms with Gasteiger partial charge in [-0.25, -0.2) is 4.90 Å². The van der Waals surface area contributed by atoms with Crippen LogP contribution in [-0.4, -0.2) is 11.8 Å². The number of hydrogen-bond acceptors (Lipinski definition) is 2. The van der Waals surface area contributed by atoms with Crippen molar-refractivity contribution in [2.45, 2.75) is 20.8 Å². The molecule has 1 aromatic carbocycles. The van der Waals surface area contributed by atoms with Crippen molar-refractivity contribution in [3.8, 4) is 0 Å². The Bertz CT molecular complexity index is 564. The highest BCUT2D eigenvalue weighted by Gasteiger charge is 2.26. The maximum atomic E-state index is 11.8. The molecular formula is C16H17NO2. The fourth-order valence-corrected chi connectivity index (χ4v) is 1.94. The molecule has 3 nitrogen and oxygen atoms in total. The second-order valence-electron chi connectivity index (χ2n) is 5.01. The molecule has 1 aromatic rings. The summed E-state index contributed by atoms with van der Waals surface area (Å²) in [5.74, 6) is -0.155. The first-order valence-electron chi connectivity index (χ1n) is 6.34. The number of benzene rings is 1. The van der Waals surface area contributed by atoms with Crippen LogP contribution in [0.3, 0.4) is 0 Å². The monoisotopic (exact) mass is 255 g/mol. The van der Waals surface area contributed by atoms with Crippen LogP contribution in [0.25, 0.3) is 6.08 Å². The molecule has 0 fully saturated rings. The van der Waals surface area contributed by atoms with Crippen molar-refractivity contribution in [1.29, 1.82) is 0 Å². The van der Waals surface area contributed by atoms with E-state index in [-0.39, 0.29) is 11.8 Å². The number of aryl methyl sites for hydroxylation is 1. The molecule has 0 unspecified atom stereocenters. The molecule has 98 valence electrons. The fourth-order valence-electron chi connectivity index (χ4n) is 1.94.